The van der Waals surface area contributed by atoms with E-state index in [4.69, 9.17) is 5.10 Å². The van der Waals surface area contributed by atoms with Gasteiger partial charge in [0.15, 0.2) is 0 Å². The van der Waals surface area contributed by atoms with Gasteiger partial charge in [-0.1, -0.05) is 45.0 Å². The highest BCUT2D eigenvalue weighted by Gasteiger charge is 2.39. The summed E-state index contributed by atoms with van der Waals surface area (Å²) in [5.41, 5.74) is 4.11. The Kier molecular flexibility index (Phi) is 8.28. The van der Waals surface area contributed by atoms with E-state index in [1.165, 1.54) is 23.9 Å². The number of likely N-dealkylation sites (N-methyl/N-ethyl adjacent to an activating group) is 1. The van der Waals surface area contributed by atoms with E-state index in [0.717, 1.165) is 28.1 Å². The number of amides is 2. The van der Waals surface area contributed by atoms with Gasteiger partial charge in [0.25, 0.3) is 0 Å². The maximum absolute atomic E-state index is 13.8. The summed E-state index contributed by atoms with van der Waals surface area (Å²) in [4.78, 5) is 30.3. The van der Waals surface area contributed by atoms with Gasteiger partial charge in [-0.15, -0.1) is 11.8 Å². The molecule has 3 aromatic rings. The molecule has 1 atom stereocenters. The van der Waals surface area contributed by atoms with Crippen molar-refractivity contribution in [2.45, 2.75) is 38.4 Å². The molecule has 0 saturated carbocycles. The fourth-order valence-corrected chi connectivity index (χ4v) is 5.73. The van der Waals surface area contributed by atoms with Crippen molar-refractivity contribution >= 4 is 29.4 Å². The number of carbonyl (C=O) groups excluding carboxylic acids is 2. The molecule has 1 N–H and O–H groups in total. The van der Waals surface area contributed by atoms with E-state index in [0.29, 0.717) is 18.9 Å². The topological polar surface area (TPSA) is 70.5 Å². The average molecular weight is 538 g/mol. The Morgan fingerprint density at radius 1 is 1.18 bits per heavy atom. The van der Waals surface area contributed by atoms with Gasteiger partial charge in [0.05, 0.1) is 22.4 Å². The van der Waals surface area contributed by atoms with Crippen LogP contribution < -0.4 is 10.2 Å². The molecular formula is C29H36FN5O2S. The Morgan fingerprint density at radius 3 is 2.53 bits per heavy atom. The molecule has 202 valence electrons. The standard InChI is InChI=1S/C29H36FN5O2S/c1-19-8-7-9-22(16-19)35-28-25(27(32-35)29(2,3)4)26(20-10-12-21(30)13-11-20)38-18-24(37)34(28)17-23(36)31-14-15-33(5)6/h7-13,16,26H,14-15,17-18H2,1-6H3,(H,31,36). The first-order valence-corrected chi connectivity index (χ1v) is 13.8. The molecule has 0 saturated heterocycles. The molecule has 0 bridgehead atoms. The molecule has 1 unspecified atom stereocenters. The zero-order chi connectivity index (χ0) is 27.6. The van der Waals surface area contributed by atoms with Gasteiger partial charge >= 0.3 is 0 Å². The number of benzene rings is 2. The van der Waals surface area contributed by atoms with Crippen LogP contribution in [0.15, 0.2) is 48.5 Å². The van der Waals surface area contributed by atoms with E-state index >= 15 is 0 Å². The Hall–Kier alpha value is -3.17. The third-order valence-corrected chi connectivity index (χ3v) is 7.66. The minimum atomic E-state index is -0.356. The second-order valence-electron chi connectivity index (χ2n) is 11.0. The van der Waals surface area contributed by atoms with Gasteiger partial charge < -0.3 is 10.2 Å². The first-order chi connectivity index (χ1) is 18.0. The Morgan fingerprint density at radius 2 is 1.89 bits per heavy atom. The molecule has 2 amide bonds. The van der Waals surface area contributed by atoms with Crippen LogP contribution in [0.3, 0.4) is 0 Å². The lowest BCUT2D eigenvalue weighted by atomic mass is 9.87. The van der Waals surface area contributed by atoms with Crippen molar-refractivity contribution in [3.8, 4) is 5.69 Å². The van der Waals surface area contributed by atoms with Crippen LogP contribution in [-0.2, 0) is 15.0 Å². The summed E-state index contributed by atoms with van der Waals surface area (Å²) in [6.45, 7) is 9.35. The predicted molar refractivity (Wildman–Crippen MR) is 152 cm³/mol. The van der Waals surface area contributed by atoms with Crippen molar-refractivity contribution in [2.24, 2.45) is 0 Å². The van der Waals surface area contributed by atoms with Gasteiger partial charge in [0.1, 0.15) is 18.2 Å². The number of hydrogen-bond acceptors (Lipinski definition) is 5. The van der Waals surface area contributed by atoms with Crippen LogP contribution in [0.25, 0.3) is 5.69 Å². The van der Waals surface area contributed by atoms with E-state index in [-0.39, 0.29) is 40.6 Å². The number of fused-ring (bicyclic) bond motifs is 1. The quantitative estimate of drug-likeness (QED) is 0.482. The summed E-state index contributed by atoms with van der Waals surface area (Å²) in [5, 5.41) is 7.76. The molecule has 0 spiro atoms. The van der Waals surface area contributed by atoms with Gasteiger partial charge in [0, 0.05) is 24.1 Å². The average Bonchev–Trinajstić information content (AvgIpc) is 3.18. The fraction of sp³-hybridized carbons (Fsp3) is 0.414. The lowest BCUT2D eigenvalue weighted by Crippen LogP contribution is -2.43. The number of thioether (sulfide) groups is 1. The van der Waals surface area contributed by atoms with Gasteiger partial charge in [-0.25, -0.2) is 9.07 Å². The number of hydrogen-bond donors (Lipinski definition) is 1. The van der Waals surface area contributed by atoms with Gasteiger partial charge in [-0.3, -0.25) is 14.5 Å². The molecule has 0 radical (unpaired) electrons. The Bertz CT molecular complexity index is 1310. The smallest absolute Gasteiger partial charge is 0.240 e. The van der Waals surface area contributed by atoms with Crippen molar-refractivity contribution in [3.63, 3.8) is 0 Å². The molecular weight excluding hydrogens is 501 g/mol. The van der Waals surface area contributed by atoms with Crippen LogP contribution in [0.4, 0.5) is 10.2 Å². The van der Waals surface area contributed by atoms with Crippen molar-refractivity contribution in [1.82, 2.24) is 20.0 Å². The third-order valence-electron chi connectivity index (χ3n) is 6.40. The molecule has 2 aromatic carbocycles. The van der Waals surface area contributed by atoms with E-state index in [2.05, 4.69) is 26.1 Å². The Balaban J connectivity index is 1.92. The number of nitrogens with zero attached hydrogens (tertiary/aromatic N) is 4. The highest BCUT2D eigenvalue weighted by molar-refractivity contribution is 8.00. The molecule has 4 rings (SSSR count). The summed E-state index contributed by atoms with van der Waals surface area (Å²) < 4.78 is 15.6. The molecule has 7 nitrogen and oxygen atoms in total. The normalized spacial score (nSPS) is 15.9. The minimum absolute atomic E-state index is 0.114. The van der Waals surface area contributed by atoms with Crippen LogP contribution in [0.5, 0.6) is 0 Å². The largest absolute Gasteiger partial charge is 0.353 e. The molecule has 1 aromatic heterocycles. The molecule has 38 heavy (non-hydrogen) atoms. The highest BCUT2D eigenvalue weighted by Crippen LogP contribution is 2.48. The maximum Gasteiger partial charge on any atom is 0.240 e. The van der Waals surface area contributed by atoms with E-state index in [1.807, 2.05) is 50.2 Å². The van der Waals surface area contributed by atoms with Crippen LogP contribution >= 0.6 is 11.8 Å². The molecule has 2 heterocycles. The second kappa shape index (κ2) is 11.3. The highest BCUT2D eigenvalue weighted by atomic mass is 32.2. The Labute approximate surface area is 228 Å². The van der Waals surface area contributed by atoms with Crippen molar-refractivity contribution in [1.29, 1.82) is 0 Å². The molecule has 1 aliphatic heterocycles. The van der Waals surface area contributed by atoms with Crippen LogP contribution in [0.2, 0.25) is 0 Å². The zero-order valence-corrected chi connectivity index (χ0v) is 23.7. The third kappa shape index (κ3) is 6.10. The lowest BCUT2D eigenvalue weighted by Gasteiger charge is -2.24. The maximum atomic E-state index is 13.8. The lowest BCUT2D eigenvalue weighted by molar-refractivity contribution is -0.122. The molecule has 9 heteroatoms. The van der Waals surface area contributed by atoms with Gasteiger partial charge in [0.2, 0.25) is 11.8 Å². The summed E-state index contributed by atoms with van der Waals surface area (Å²) in [7, 11) is 3.88. The second-order valence-corrected chi connectivity index (χ2v) is 12.1. The van der Waals surface area contributed by atoms with Crippen molar-refractivity contribution in [3.05, 3.63) is 76.7 Å². The number of anilines is 1. The van der Waals surface area contributed by atoms with Gasteiger partial charge in [-0.05, 0) is 56.4 Å². The van der Waals surface area contributed by atoms with E-state index < -0.39 is 0 Å². The number of aromatic nitrogens is 2. The zero-order valence-electron chi connectivity index (χ0n) is 22.9. The predicted octanol–water partition coefficient (Wildman–Crippen LogP) is 4.46. The molecule has 1 aliphatic rings. The fourth-order valence-electron chi connectivity index (χ4n) is 4.53. The first-order valence-electron chi connectivity index (χ1n) is 12.7. The minimum Gasteiger partial charge on any atom is -0.353 e. The number of rotatable bonds is 7. The van der Waals surface area contributed by atoms with E-state index in [9.17, 15) is 14.0 Å². The number of carbonyl (C=O) groups is 2. The van der Waals surface area contributed by atoms with Gasteiger partial charge in [-0.2, -0.15) is 5.10 Å². The summed E-state index contributed by atoms with van der Waals surface area (Å²) in [5.74, 6) is 0.0569. The first kappa shape index (κ1) is 27.9. The number of nitrogens with one attached hydrogen (secondary N) is 1. The monoisotopic (exact) mass is 537 g/mol. The van der Waals surface area contributed by atoms with Crippen LogP contribution in [0, 0.1) is 12.7 Å². The van der Waals surface area contributed by atoms with Crippen LogP contribution in [-0.4, -0.2) is 66.0 Å². The summed E-state index contributed by atoms with van der Waals surface area (Å²) in [6, 6.07) is 14.4. The molecule has 0 fully saturated rings. The summed E-state index contributed by atoms with van der Waals surface area (Å²) in [6.07, 6.45) is 0. The summed E-state index contributed by atoms with van der Waals surface area (Å²) >= 11 is 1.48. The number of aryl methyl sites for hydroxylation is 1. The number of halogens is 1. The van der Waals surface area contributed by atoms with Crippen molar-refractivity contribution < 1.29 is 14.0 Å². The van der Waals surface area contributed by atoms with Crippen LogP contribution in [0.1, 0.15) is 48.4 Å². The SMILES string of the molecule is Cc1cccc(-n2nc(C(C)(C)C)c3c2N(CC(=O)NCCN(C)C)C(=O)CSC3c2ccc(F)cc2)c1. The van der Waals surface area contributed by atoms with E-state index in [1.54, 1.807) is 21.7 Å². The molecule has 0 aliphatic carbocycles. The van der Waals surface area contributed by atoms with Crippen molar-refractivity contribution in [2.75, 3.05) is 44.4 Å².